The van der Waals surface area contributed by atoms with Crippen LogP contribution in [0.15, 0.2) is 24.3 Å². The number of carbonyl (C=O) groups is 2. The molecule has 0 heterocycles. The van der Waals surface area contributed by atoms with Crippen LogP contribution in [0.2, 0.25) is 0 Å². The summed E-state index contributed by atoms with van der Waals surface area (Å²) in [7, 11) is 0.0443. The van der Waals surface area contributed by atoms with Crippen molar-refractivity contribution in [1.82, 2.24) is 9.80 Å². The predicted molar refractivity (Wildman–Crippen MR) is 102 cm³/mol. The molecule has 0 aliphatic heterocycles. The molecule has 0 atom stereocenters. The normalized spacial score (nSPS) is 15.3. The van der Waals surface area contributed by atoms with E-state index in [9.17, 15) is 18.0 Å². The van der Waals surface area contributed by atoms with Crippen molar-refractivity contribution in [2.45, 2.75) is 38.1 Å². The average Bonchev–Trinajstić information content (AvgIpc) is 2.60. The van der Waals surface area contributed by atoms with Gasteiger partial charge in [-0.05, 0) is 37.1 Å². The SMILES string of the molecule is CN(CC(=O)N(C)C1CCCCC1)C(=O)c1ccc(NS(C)(=O)=O)cc1. The second kappa shape index (κ2) is 8.53. The van der Waals surface area contributed by atoms with E-state index in [0.717, 1.165) is 31.9 Å². The number of hydrogen-bond acceptors (Lipinski definition) is 4. The monoisotopic (exact) mass is 381 g/mol. The molecule has 1 saturated carbocycles. The Bertz CT molecular complexity index is 740. The standard InChI is InChI=1S/C18H27N3O4S/c1-20(13-17(22)21(2)16-7-5-4-6-8-16)18(23)14-9-11-15(12-10-14)19-26(3,24)25/h9-12,16,19H,4-8,13H2,1-3H3. The zero-order chi connectivity index (χ0) is 19.3. The number of sulfonamides is 1. The third kappa shape index (κ3) is 5.72. The number of benzene rings is 1. The minimum Gasteiger partial charge on any atom is -0.341 e. The molecular weight excluding hydrogens is 354 g/mol. The zero-order valence-corrected chi connectivity index (χ0v) is 16.4. The summed E-state index contributed by atoms with van der Waals surface area (Å²) in [5.74, 6) is -0.343. The lowest BCUT2D eigenvalue weighted by Gasteiger charge is -2.32. The minimum absolute atomic E-state index is 0.0230. The van der Waals surface area contributed by atoms with Crippen LogP contribution in [-0.2, 0) is 14.8 Å². The molecule has 1 N–H and O–H groups in total. The molecule has 8 heteroatoms. The van der Waals surface area contributed by atoms with E-state index in [2.05, 4.69) is 4.72 Å². The van der Waals surface area contributed by atoms with Crippen LogP contribution in [-0.4, -0.2) is 63.0 Å². The van der Waals surface area contributed by atoms with E-state index in [1.807, 2.05) is 7.05 Å². The molecule has 0 spiro atoms. The zero-order valence-electron chi connectivity index (χ0n) is 15.6. The summed E-state index contributed by atoms with van der Waals surface area (Å²) < 4.78 is 24.8. The largest absolute Gasteiger partial charge is 0.341 e. The maximum Gasteiger partial charge on any atom is 0.254 e. The Kier molecular flexibility index (Phi) is 6.63. The summed E-state index contributed by atoms with van der Waals surface area (Å²) in [6, 6.07) is 6.40. The van der Waals surface area contributed by atoms with Crippen molar-refractivity contribution in [2.75, 3.05) is 31.6 Å². The average molecular weight is 381 g/mol. The molecule has 0 bridgehead atoms. The van der Waals surface area contributed by atoms with Crippen LogP contribution in [0, 0.1) is 0 Å². The number of anilines is 1. The van der Waals surface area contributed by atoms with Gasteiger partial charge in [0.25, 0.3) is 5.91 Å². The second-order valence-corrected chi connectivity index (χ2v) is 8.66. The van der Waals surface area contributed by atoms with Crippen molar-refractivity contribution in [2.24, 2.45) is 0 Å². The summed E-state index contributed by atoms with van der Waals surface area (Å²) in [6.07, 6.45) is 6.62. The Hall–Kier alpha value is -2.09. The van der Waals surface area contributed by atoms with E-state index in [-0.39, 0.29) is 24.4 Å². The number of nitrogens with one attached hydrogen (secondary N) is 1. The predicted octanol–water partition coefficient (Wildman–Crippen LogP) is 1.92. The van der Waals surface area contributed by atoms with Gasteiger partial charge in [0.1, 0.15) is 0 Å². The summed E-state index contributed by atoms with van der Waals surface area (Å²) in [5.41, 5.74) is 0.791. The highest BCUT2D eigenvalue weighted by Crippen LogP contribution is 2.21. The Balaban J connectivity index is 1.94. The van der Waals surface area contributed by atoms with Gasteiger partial charge in [0, 0.05) is 31.4 Å². The summed E-state index contributed by atoms with van der Waals surface area (Å²) >= 11 is 0. The molecule has 0 aromatic heterocycles. The first-order chi connectivity index (χ1) is 12.2. The molecule has 1 aromatic carbocycles. The van der Waals surface area contributed by atoms with E-state index in [1.54, 1.807) is 24.1 Å². The first kappa shape index (κ1) is 20.2. The van der Waals surface area contributed by atoms with Crippen molar-refractivity contribution in [1.29, 1.82) is 0 Å². The van der Waals surface area contributed by atoms with Crippen LogP contribution in [0.3, 0.4) is 0 Å². The maximum absolute atomic E-state index is 12.5. The van der Waals surface area contributed by atoms with Crippen molar-refractivity contribution < 1.29 is 18.0 Å². The van der Waals surface area contributed by atoms with E-state index in [1.165, 1.54) is 23.5 Å². The van der Waals surface area contributed by atoms with E-state index < -0.39 is 10.0 Å². The molecule has 1 aliphatic carbocycles. The summed E-state index contributed by atoms with van der Waals surface area (Å²) in [6.45, 7) is 0.0230. The topological polar surface area (TPSA) is 86.8 Å². The lowest BCUT2D eigenvalue weighted by Crippen LogP contribution is -2.44. The molecule has 1 aliphatic rings. The van der Waals surface area contributed by atoms with Crippen LogP contribution < -0.4 is 4.72 Å². The Morgan fingerprint density at radius 1 is 1.08 bits per heavy atom. The number of hydrogen-bond donors (Lipinski definition) is 1. The van der Waals surface area contributed by atoms with Crippen LogP contribution in [0.1, 0.15) is 42.5 Å². The first-order valence-corrected chi connectivity index (χ1v) is 10.7. The Morgan fingerprint density at radius 3 is 2.19 bits per heavy atom. The van der Waals surface area contributed by atoms with Gasteiger partial charge in [-0.1, -0.05) is 19.3 Å². The van der Waals surface area contributed by atoms with Crippen LogP contribution in [0.4, 0.5) is 5.69 Å². The first-order valence-electron chi connectivity index (χ1n) is 8.76. The summed E-state index contributed by atoms with van der Waals surface area (Å²) in [4.78, 5) is 28.1. The van der Waals surface area contributed by atoms with Crippen molar-refractivity contribution in [3.63, 3.8) is 0 Å². The van der Waals surface area contributed by atoms with E-state index >= 15 is 0 Å². The third-order valence-corrected chi connectivity index (χ3v) is 5.28. The Morgan fingerprint density at radius 2 is 1.65 bits per heavy atom. The number of amides is 2. The molecule has 1 fully saturated rings. The van der Waals surface area contributed by atoms with Gasteiger partial charge in [-0.25, -0.2) is 8.42 Å². The fourth-order valence-corrected chi connectivity index (χ4v) is 3.74. The Labute approximate surface area is 155 Å². The minimum atomic E-state index is -3.36. The van der Waals surface area contributed by atoms with Crippen LogP contribution in [0.5, 0.6) is 0 Å². The van der Waals surface area contributed by atoms with E-state index in [0.29, 0.717) is 11.3 Å². The molecule has 2 rings (SSSR count). The van der Waals surface area contributed by atoms with Gasteiger partial charge in [0.15, 0.2) is 0 Å². The van der Waals surface area contributed by atoms with Gasteiger partial charge in [0.05, 0.1) is 12.8 Å². The smallest absolute Gasteiger partial charge is 0.254 e. The maximum atomic E-state index is 12.5. The third-order valence-electron chi connectivity index (χ3n) is 4.67. The fourth-order valence-electron chi connectivity index (χ4n) is 3.17. The fraction of sp³-hybridized carbons (Fsp3) is 0.556. The van der Waals surface area contributed by atoms with Gasteiger partial charge in [-0.3, -0.25) is 14.3 Å². The molecule has 7 nitrogen and oxygen atoms in total. The lowest BCUT2D eigenvalue weighted by molar-refractivity contribution is -0.133. The van der Waals surface area contributed by atoms with Gasteiger partial charge in [0.2, 0.25) is 15.9 Å². The lowest BCUT2D eigenvalue weighted by atomic mass is 9.94. The molecule has 144 valence electrons. The number of likely N-dealkylation sites (N-methyl/N-ethyl adjacent to an activating group) is 2. The van der Waals surface area contributed by atoms with Crippen molar-refractivity contribution in [3.05, 3.63) is 29.8 Å². The number of rotatable bonds is 6. The molecule has 0 saturated heterocycles. The highest BCUT2D eigenvalue weighted by molar-refractivity contribution is 7.92. The van der Waals surface area contributed by atoms with Crippen molar-refractivity contribution >= 4 is 27.5 Å². The van der Waals surface area contributed by atoms with Crippen LogP contribution >= 0.6 is 0 Å². The highest BCUT2D eigenvalue weighted by Gasteiger charge is 2.24. The van der Waals surface area contributed by atoms with Crippen molar-refractivity contribution in [3.8, 4) is 0 Å². The van der Waals surface area contributed by atoms with Gasteiger partial charge in [-0.15, -0.1) is 0 Å². The molecule has 0 unspecified atom stereocenters. The quantitative estimate of drug-likeness (QED) is 0.816. The molecular formula is C18H27N3O4S. The van der Waals surface area contributed by atoms with E-state index in [4.69, 9.17) is 0 Å². The molecule has 26 heavy (non-hydrogen) atoms. The molecule has 2 amide bonds. The molecule has 1 aromatic rings. The van der Waals surface area contributed by atoms with Gasteiger partial charge >= 0.3 is 0 Å². The van der Waals surface area contributed by atoms with Gasteiger partial charge in [-0.2, -0.15) is 0 Å². The molecule has 0 radical (unpaired) electrons. The van der Waals surface area contributed by atoms with Gasteiger partial charge < -0.3 is 9.80 Å². The van der Waals surface area contributed by atoms with Crippen LogP contribution in [0.25, 0.3) is 0 Å². The second-order valence-electron chi connectivity index (χ2n) is 6.91. The number of nitrogens with zero attached hydrogens (tertiary/aromatic N) is 2. The summed E-state index contributed by atoms with van der Waals surface area (Å²) in [5, 5.41) is 0. The highest BCUT2D eigenvalue weighted by atomic mass is 32.2. The number of carbonyl (C=O) groups excluding carboxylic acids is 2.